The summed E-state index contributed by atoms with van der Waals surface area (Å²) in [5.41, 5.74) is 0.507. The van der Waals surface area contributed by atoms with Gasteiger partial charge >= 0.3 is 0 Å². The lowest BCUT2D eigenvalue weighted by atomic mass is 10.1. The normalized spacial score (nSPS) is 30.4. The van der Waals surface area contributed by atoms with Crippen molar-refractivity contribution < 1.29 is 20.1 Å². The number of hydrogen-bond donors (Lipinski definition) is 4. The molecule has 4 rings (SSSR count). The summed E-state index contributed by atoms with van der Waals surface area (Å²) in [7, 11) is 0. The molecule has 0 radical (unpaired) electrons. The van der Waals surface area contributed by atoms with Crippen molar-refractivity contribution in [3.8, 4) is 0 Å². The first kappa shape index (κ1) is 16.9. The molecule has 25 heavy (non-hydrogen) atoms. The fraction of sp³-hybridized carbons (Fsp3) is 0.667. The molecule has 0 amide bonds. The van der Waals surface area contributed by atoms with E-state index in [9.17, 15) is 15.3 Å². The Morgan fingerprint density at radius 3 is 2.64 bits per heavy atom. The monoisotopic (exact) mass is 369 g/mol. The largest absolute Gasteiger partial charge is 0.387 e. The average Bonchev–Trinajstić information content (AvgIpc) is 3.27. The summed E-state index contributed by atoms with van der Waals surface area (Å²) in [6, 6.07) is 0.364. The van der Waals surface area contributed by atoms with Gasteiger partial charge < -0.3 is 25.4 Å². The summed E-state index contributed by atoms with van der Waals surface area (Å²) in [6.45, 7) is 0.120. The topological polar surface area (TPSA) is 126 Å². The van der Waals surface area contributed by atoms with Gasteiger partial charge in [-0.3, -0.25) is 0 Å². The van der Waals surface area contributed by atoms with Crippen molar-refractivity contribution >= 4 is 28.5 Å². The van der Waals surface area contributed by atoms with Crippen LogP contribution in [-0.2, 0) is 11.3 Å². The number of halogens is 1. The van der Waals surface area contributed by atoms with Crippen LogP contribution in [0.5, 0.6) is 0 Å². The third-order valence-corrected chi connectivity index (χ3v) is 5.02. The summed E-state index contributed by atoms with van der Waals surface area (Å²) in [5.74, 6) is 0.640. The summed E-state index contributed by atoms with van der Waals surface area (Å²) >= 11 is 6.07. The second-order valence-corrected chi connectivity index (χ2v) is 6.92. The molecule has 10 heteroatoms. The zero-order chi connectivity index (χ0) is 17.6. The third-order valence-electron chi connectivity index (χ3n) is 4.86. The van der Waals surface area contributed by atoms with E-state index in [-0.39, 0.29) is 11.8 Å². The van der Waals surface area contributed by atoms with Crippen molar-refractivity contribution in [2.24, 2.45) is 0 Å². The summed E-state index contributed by atoms with van der Waals surface area (Å²) in [5, 5.41) is 37.6. The number of ether oxygens (including phenoxy) is 1. The van der Waals surface area contributed by atoms with Crippen molar-refractivity contribution in [2.45, 2.75) is 62.9 Å². The smallest absolute Gasteiger partial charge is 0.226 e. The Morgan fingerprint density at radius 1 is 1.20 bits per heavy atom. The minimum absolute atomic E-state index is 0.0997. The molecule has 0 aromatic carbocycles. The van der Waals surface area contributed by atoms with Crippen LogP contribution < -0.4 is 5.32 Å². The van der Waals surface area contributed by atoms with E-state index < -0.39 is 24.6 Å². The van der Waals surface area contributed by atoms with Crippen LogP contribution in [0.3, 0.4) is 0 Å². The minimum atomic E-state index is -1.42. The lowest BCUT2D eigenvalue weighted by molar-refractivity contribution is -0.129. The second kappa shape index (κ2) is 6.65. The molecule has 1 aliphatic carbocycles. The predicted octanol–water partition coefficient (Wildman–Crippen LogP) is 0.273. The van der Waals surface area contributed by atoms with Gasteiger partial charge in [-0.05, 0) is 24.4 Å². The Balaban J connectivity index is 1.61. The molecule has 4 N–H and O–H groups in total. The van der Waals surface area contributed by atoms with Gasteiger partial charge in [-0.25, -0.2) is 4.68 Å². The Morgan fingerprint density at radius 2 is 1.96 bits per heavy atom. The van der Waals surface area contributed by atoms with Gasteiger partial charge in [-0.15, -0.1) is 0 Å². The van der Waals surface area contributed by atoms with Crippen LogP contribution in [0.4, 0.5) is 5.82 Å². The quantitative estimate of drug-likeness (QED) is 0.566. The molecule has 136 valence electrons. The maximum absolute atomic E-state index is 9.95. The molecule has 1 aliphatic heterocycles. The number of fused-ring (bicyclic) bond motifs is 1. The molecule has 4 atom stereocenters. The molecule has 0 bridgehead atoms. The van der Waals surface area contributed by atoms with Gasteiger partial charge in [0.2, 0.25) is 5.28 Å². The van der Waals surface area contributed by atoms with Gasteiger partial charge in [-0.2, -0.15) is 15.1 Å². The zero-order valence-corrected chi connectivity index (χ0v) is 14.2. The fourth-order valence-electron chi connectivity index (χ4n) is 3.49. The first-order valence-electron chi connectivity index (χ1n) is 8.38. The van der Waals surface area contributed by atoms with Crippen molar-refractivity contribution in [1.29, 1.82) is 0 Å². The second-order valence-electron chi connectivity index (χ2n) is 6.58. The van der Waals surface area contributed by atoms with Crippen molar-refractivity contribution in [3.63, 3.8) is 0 Å². The van der Waals surface area contributed by atoms with Gasteiger partial charge in [0, 0.05) is 6.04 Å². The maximum atomic E-state index is 9.95. The lowest BCUT2D eigenvalue weighted by Gasteiger charge is -2.15. The molecule has 9 nitrogen and oxygen atoms in total. The van der Waals surface area contributed by atoms with Gasteiger partial charge in [0.25, 0.3) is 0 Å². The van der Waals surface area contributed by atoms with Crippen LogP contribution in [0.1, 0.15) is 25.7 Å². The molecule has 1 unspecified atom stereocenters. The molecule has 0 spiro atoms. The zero-order valence-electron chi connectivity index (χ0n) is 13.4. The number of aliphatic hydroxyl groups excluding tert-OH is 3. The molecular formula is C15H20ClN5O4. The molecule has 2 aromatic heterocycles. The van der Waals surface area contributed by atoms with Gasteiger partial charge in [0.15, 0.2) is 11.9 Å². The maximum Gasteiger partial charge on any atom is 0.226 e. The molecule has 2 fully saturated rings. The van der Waals surface area contributed by atoms with Crippen LogP contribution in [0.25, 0.3) is 11.0 Å². The van der Waals surface area contributed by atoms with Crippen LogP contribution in [-0.4, -0.2) is 65.7 Å². The van der Waals surface area contributed by atoms with E-state index in [0.717, 1.165) is 18.2 Å². The number of hydrogen-bond acceptors (Lipinski definition) is 8. The fourth-order valence-corrected chi connectivity index (χ4v) is 3.65. The van der Waals surface area contributed by atoms with E-state index >= 15 is 0 Å². The number of rotatable bonds is 4. The van der Waals surface area contributed by atoms with Crippen molar-refractivity contribution in [3.05, 3.63) is 11.5 Å². The standard InChI is InChI=1S/C15H20ClN5O4/c16-15-19-12(18-7-3-1-2-4-7)8-5-17-21(13(8)20-15)6-9-10(22)11(23)14(24)25-9/h5,7,9-11,14,22-24H,1-4,6H2,(H,18,19,20)/t9-,10+,11+,14?/m1/s1. The first-order chi connectivity index (χ1) is 12.0. The molecule has 1 saturated heterocycles. The van der Waals surface area contributed by atoms with E-state index in [1.807, 2.05) is 0 Å². The van der Waals surface area contributed by atoms with Crippen molar-refractivity contribution in [1.82, 2.24) is 19.7 Å². The van der Waals surface area contributed by atoms with Crippen LogP contribution in [0.15, 0.2) is 6.20 Å². The number of nitrogens with one attached hydrogen (secondary N) is 1. The number of aliphatic hydroxyl groups is 3. The summed E-state index contributed by atoms with van der Waals surface area (Å²) in [4.78, 5) is 8.51. The Kier molecular flexibility index (Phi) is 4.50. The number of anilines is 1. The van der Waals surface area contributed by atoms with E-state index in [0.29, 0.717) is 17.5 Å². The highest BCUT2D eigenvalue weighted by atomic mass is 35.5. The predicted molar refractivity (Wildman–Crippen MR) is 89.1 cm³/mol. The highest BCUT2D eigenvalue weighted by Gasteiger charge is 2.42. The Bertz CT molecular complexity index is 766. The van der Waals surface area contributed by atoms with Crippen LogP contribution >= 0.6 is 11.6 Å². The van der Waals surface area contributed by atoms with E-state index in [4.69, 9.17) is 16.3 Å². The third kappa shape index (κ3) is 3.18. The number of aromatic nitrogens is 4. The molecule has 3 heterocycles. The van der Waals surface area contributed by atoms with Gasteiger partial charge in [0.05, 0.1) is 18.1 Å². The van der Waals surface area contributed by atoms with E-state index in [1.165, 1.54) is 17.5 Å². The number of nitrogens with zero attached hydrogens (tertiary/aromatic N) is 4. The van der Waals surface area contributed by atoms with Crippen molar-refractivity contribution in [2.75, 3.05) is 5.32 Å². The summed E-state index contributed by atoms with van der Waals surface area (Å²) < 4.78 is 6.71. The minimum Gasteiger partial charge on any atom is -0.387 e. The Hall–Kier alpha value is -1.52. The molecule has 2 aromatic rings. The van der Waals surface area contributed by atoms with E-state index in [2.05, 4.69) is 20.4 Å². The Labute approximate surface area is 148 Å². The summed E-state index contributed by atoms with van der Waals surface area (Å²) in [6.07, 6.45) is 1.45. The average molecular weight is 370 g/mol. The van der Waals surface area contributed by atoms with Gasteiger partial charge in [-0.1, -0.05) is 12.8 Å². The van der Waals surface area contributed by atoms with E-state index in [1.54, 1.807) is 6.20 Å². The van der Waals surface area contributed by atoms with Crippen LogP contribution in [0, 0.1) is 0 Å². The SMILES string of the molecule is OC1O[C@H](Cn2ncc3c(NC4CCCC4)nc(Cl)nc32)[C@H](O)[C@@H]1O. The highest BCUT2D eigenvalue weighted by Crippen LogP contribution is 2.28. The highest BCUT2D eigenvalue weighted by molar-refractivity contribution is 6.28. The lowest BCUT2D eigenvalue weighted by Crippen LogP contribution is -2.34. The first-order valence-corrected chi connectivity index (χ1v) is 8.76. The molecular weight excluding hydrogens is 350 g/mol. The van der Waals surface area contributed by atoms with Crippen LogP contribution in [0.2, 0.25) is 5.28 Å². The molecule has 1 saturated carbocycles. The molecule has 2 aliphatic rings. The van der Waals surface area contributed by atoms with Gasteiger partial charge in [0.1, 0.15) is 24.1 Å².